The Kier molecular flexibility index (Phi) is 2.96. The van der Waals surface area contributed by atoms with Crippen molar-refractivity contribution in [3.63, 3.8) is 0 Å². The number of nitrogens with one attached hydrogen (secondary N) is 1. The lowest BCUT2D eigenvalue weighted by Gasteiger charge is -2.01. The summed E-state index contributed by atoms with van der Waals surface area (Å²) in [5, 5.41) is 17.7. The predicted molar refractivity (Wildman–Crippen MR) is 62.8 cm³/mol. The van der Waals surface area contributed by atoms with Crippen LogP contribution >= 0.6 is 11.8 Å². The van der Waals surface area contributed by atoms with Crippen LogP contribution in [0.4, 0.5) is 11.4 Å². The van der Waals surface area contributed by atoms with Crippen molar-refractivity contribution in [2.75, 3.05) is 5.73 Å². The summed E-state index contributed by atoms with van der Waals surface area (Å²) in [5.41, 5.74) is 6.03. The molecule has 0 aliphatic heterocycles. The predicted octanol–water partition coefficient (Wildman–Crippen LogP) is 1.75. The Morgan fingerprint density at radius 2 is 2.29 bits per heavy atom. The van der Waals surface area contributed by atoms with E-state index in [1.807, 2.05) is 0 Å². The molecule has 0 bridgehead atoms. The lowest BCUT2D eigenvalue weighted by Crippen LogP contribution is -1.93. The summed E-state index contributed by atoms with van der Waals surface area (Å²) in [4.78, 5) is 14.9. The highest BCUT2D eigenvalue weighted by molar-refractivity contribution is 7.99. The van der Waals surface area contributed by atoms with Crippen molar-refractivity contribution in [1.82, 2.24) is 15.2 Å². The number of H-pyrrole nitrogens is 1. The van der Waals surface area contributed by atoms with E-state index in [0.717, 1.165) is 0 Å². The molecule has 17 heavy (non-hydrogen) atoms. The number of aromatic nitrogens is 3. The van der Waals surface area contributed by atoms with Crippen LogP contribution in [-0.4, -0.2) is 20.1 Å². The molecule has 0 unspecified atom stereocenters. The Labute approximate surface area is 101 Å². The van der Waals surface area contributed by atoms with Crippen LogP contribution in [0, 0.1) is 17.0 Å². The topological polar surface area (TPSA) is 111 Å². The van der Waals surface area contributed by atoms with Crippen molar-refractivity contribution in [2.24, 2.45) is 0 Å². The number of anilines is 1. The van der Waals surface area contributed by atoms with Gasteiger partial charge in [-0.15, -0.1) is 5.10 Å². The molecule has 1 aromatic heterocycles. The third kappa shape index (κ3) is 2.53. The molecular weight excluding hydrogens is 242 g/mol. The summed E-state index contributed by atoms with van der Waals surface area (Å²) in [6, 6.07) is 4.31. The number of nitrogens with two attached hydrogens (primary N) is 1. The van der Waals surface area contributed by atoms with E-state index >= 15 is 0 Å². The van der Waals surface area contributed by atoms with Crippen LogP contribution in [0.25, 0.3) is 0 Å². The highest BCUT2D eigenvalue weighted by atomic mass is 32.2. The maximum atomic E-state index is 10.5. The number of aryl methyl sites for hydroxylation is 1. The van der Waals surface area contributed by atoms with Gasteiger partial charge in [-0.05, 0) is 24.8 Å². The van der Waals surface area contributed by atoms with Gasteiger partial charge in [-0.2, -0.15) is 0 Å². The molecule has 0 spiro atoms. The van der Waals surface area contributed by atoms with Gasteiger partial charge in [-0.25, -0.2) is 4.98 Å². The smallest absolute Gasteiger partial charge is 0.271 e. The Balaban J connectivity index is 2.25. The molecule has 8 heteroatoms. The molecule has 0 aliphatic carbocycles. The van der Waals surface area contributed by atoms with Crippen molar-refractivity contribution < 1.29 is 4.92 Å². The number of benzene rings is 1. The van der Waals surface area contributed by atoms with E-state index in [1.165, 1.54) is 23.9 Å². The zero-order valence-electron chi connectivity index (χ0n) is 8.88. The average molecular weight is 251 g/mol. The number of hydrogen-bond donors (Lipinski definition) is 2. The lowest BCUT2D eigenvalue weighted by molar-refractivity contribution is -0.384. The molecule has 2 rings (SSSR count). The molecule has 0 atom stereocenters. The van der Waals surface area contributed by atoms with E-state index < -0.39 is 4.92 Å². The van der Waals surface area contributed by atoms with E-state index in [9.17, 15) is 10.1 Å². The number of rotatable bonds is 3. The first-order valence-electron chi connectivity index (χ1n) is 4.67. The summed E-state index contributed by atoms with van der Waals surface area (Å²) < 4.78 is 0. The number of nitrogen functional groups attached to an aromatic ring is 1. The number of aromatic amines is 1. The summed E-state index contributed by atoms with van der Waals surface area (Å²) in [7, 11) is 0. The third-order valence-electron chi connectivity index (χ3n) is 1.98. The summed E-state index contributed by atoms with van der Waals surface area (Å²) in [6.45, 7) is 1.79. The second kappa shape index (κ2) is 4.42. The van der Waals surface area contributed by atoms with Crippen LogP contribution in [0.15, 0.2) is 28.3 Å². The molecule has 1 heterocycles. The Bertz CT molecular complexity index is 568. The number of nitro groups is 1. The number of non-ortho nitro benzene ring substituents is 1. The van der Waals surface area contributed by atoms with Crippen molar-refractivity contribution >= 4 is 23.1 Å². The van der Waals surface area contributed by atoms with Gasteiger partial charge >= 0.3 is 0 Å². The fourth-order valence-electron chi connectivity index (χ4n) is 1.21. The maximum absolute atomic E-state index is 10.5. The molecular formula is C9H9N5O2S. The van der Waals surface area contributed by atoms with E-state index in [-0.39, 0.29) is 5.69 Å². The second-order valence-corrected chi connectivity index (χ2v) is 4.29. The van der Waals surface area contributed by atoms with Gasteiger partial charge in [-0.3, -0.25) is 15.2 Å². The van der Waals surface area contributed by atoms with Crippen molar-refractivity contribution in [3.05, 3.63) is 34.1 Å². The van der Waals surface area contributed by atoms with Gasteiger partial charge in [0.15, 0.2) is 0 Å². The van der Waals surface area contributed by atoms with Crippen LogP contribution in [-0.2, 0) is 0 Å². The quantitative estimate of drug-likeness (QED) is 0.488. The minimum atomic E-state index is -0.484. The maximum Gasteiger partial charge on any atom is 0.271 e. The number of nitrogens with zero attached hydrogens (tertiary/aromatic N) is 3. The molecule has 0 fully saturated rings. The first-order chi connectivity index (χ1) is 8.06. The standard InChI is InChI=1S/C9H9N5O2S/c1-5-11-9(13-12-5)17-8-3-2-6(14(15)16)4-7(8)10/h2-4H,10H2,1H3,(H,11,12,13). The minimum Gasteiger partial charge on any atom is -0.398 e. The van der Waals surface area contributed by atoms with Crippen LogP contribution in [0.3, 0.4) is 0 Å². The Morgan fingerprint density at radius 1 is 1.53 bits per heavy atom. The largest absolute Gasteiger partial charge is 0.398 e. The molecule has 2 aromatic rings. The number of nitro benzene ring substituents is 1. The van der Waals surface area contributed by atoms with Gasteiger partial charge in [0, 0.05) is 17.0 Å². The molecule has 0 amide bonds. The highest BCUT2D eigenvalue weighted by Crippen LogP contribution is 2.31. The zero-order chi connectivity index (χ0) is 12.4. The van der Waals surface area contributed by atoms with Crippen LogP contribution < -0.4 is 5.73 Å². The summed E-state index contributed by atoms with van der Waals surface area (Å²) in [5.74, 6) is 0.702. The van der Waals surface area contributed by atoms with E-state index in [4.69, 9.17) is 5.73 Å². The van der Waals surface area contributed by atoms with Gasteiger partial charge in [0.1, 0.15) is 5.82 Å². The van der Waals surface area contributed by atoms with Gasteiger partial charge in [0.2, 0.25) is 5.16 Å². The first kappa shape index (κ1) is 11.4. The fourth-order valence-corrected chi connectivity index (χ4v) is 1.99. The fraction of sp³-hybridized carbons (Fsp3) is 0.111. The Morgan fingerprint density at radius 3 is 2.82 bits per heavy atom. The SMILES string of the molecule is Cc1nc(Sc2ccc([N+](=O)[O-])cc2N)n[nH]1. The van der Waals surface area contributed by atoms with Crippen molar-refractivity contribution in [2.45, 2.75) is 17.0 Å². The monoisotopic (exact) mass is 251 g/mol. The molecule has 0 saturated carbocycles. The normalized spacial score (nSPS) is 10.4. The summed E-state index contributed by atoms with van der Waals surface area (Å²) in [6.07, 6.45) is 0. The zero-order valence-corrected chi connectivity index (χ0v) is 9.69. The third-order valence-corrected chi connectivity index (χ3v) is 2.94. The number of hydrogen-bond acceptors (Lipinski definition) is 6. The van der Waals surface area contributed by atoms with Crippen LogP contribution in [0.5, 0.6) is 0 Å². The molecule has 88 valence electrons. The van der Waals surface area contributed by atoms with Gasteiger partial charge in [0.25, 0.3) is 5.69 Å². The van der Waals surface area contributed by atoms with Gasteiger partial charge in [0.05, 0.1) is 10.6 Å². The molecule has 0 saturated heterocycles. The Hall–Kier alpha value is -2.09. The second-order valence-electron chi connectivity index (χ2n) is 3.28. The summed E-state index contributed by atoms with van der Waals surface area (Å²) >= 11 is 1.25. The van der Waals surface area contributed by atoms with Crippen molar-refractivity contribution in [1.29, 1.82) is 0 Å². The van der Waals surface area contributed by atoms with Gasteiger partial charge < -0.3 is 5.73 Å². The van der Waals surface area contributed by atoms with E-state index in [1.54, 1.807) is 13.0 Å². The molecule has 0 aliphatic rings. The average Bonchev–Trinajstić information content (AvgIpc) is 2.67. The molecule has 1 aromatic carbocycles. The van der Waals surface area contributed by atoms with Crippen LogP contribution in [0.2, 0.25) is 0 Å². The molecule has 0 radical (unpaired) electrons. The van der Waals surface area contributed by atoms with Crippen LogP contribution in [0.1, 0.15) is 5.82 Å². The highest BCUT2D eigenvalue weighted by Gasteiger charge is 2.11. The van der Waals surface area contributed by atoms with Crippen molar-refractivity contribution in [3.8, 4) is 0 Å². The lowest BCUT2D eigenvalue weighted by atomic mass is 10.3. The molecule has 3 N–H and O–H groups in total. The van der Waals surface area contributed by atoms with E-state index in [2.05, 4.69) is 15.2 Å². The van der Waals surface area contributed by atoms with E-state index in [0.29, 0.717) is 21.6 Å². The minimum absolute atomic E-state index is 0.0296. The first-order valence-corrected chi connectivity index (χ1v) is 5.48. The molecule has 7 nitrogen and oxygen atoms in total. The van der Waals surface area contributed by atoms with Gasteiger partial charge in [-0.1, -0.05) is 0 Å².